The van der Waals surface area contributed by atoms with E-state index in [4.69, 9.17) is 30.8 Å². The molecule has 0 bridgehead atoms. The van der Waals surface area contributed by atoms with Crippen LogP contribution in [0.3, 0.4) is 0 Å². The molecule has 16 nitrogen and oxygen atoms in total. The van der Waals surface area contributed by atoms with Gasteiger partial charge in [-0.15, -0.1) is 0 Å². The number of anilines is 4. The number of nitro benzene ring substituents is 1. The third kappa shape index (κ3) is 10.1. The van der Waals surface area contributed by atoms with E-state index in [0.717, 1.165) is 67.7 Å². The van der Waals surface area contributed by atoms with Crippen molar-refractivity contribution in [2.75, 3.05) is 87.4 Å². The van der Waals surface area contributed by atoms with Gasteiger partial charge in [-0.2, -0.15) is 4.98 Å². The lowest BCUT2D eigenvalue weighted by atomic mass is 9.92. The van der Waals surface area contributed by atoms with Crippen molar-refractivity contribution in [3.63, 3.8) is 0 Å². The number of hydrogen-bond donors (Lipinski definition) is 3. The number of nitrogens with zero attached hydrogens (tertiary/aromatic N) is 5. The van der Waals surface area contributed by atoms with Gasteiger partial charge in [0, 0.05) is 74.2 Å². The number of ether oxygens (including phenoxy) is 3. The zero-order valence-electron chi connectivity index (χ0n) is 36.3. The molecule has 3 aromatic carbocycles. The summed E-state index contributed by atoms with van der Waals surface area (Å²) in [4.78, 5) is 40.1. The first kappa shape index (κ1) is 44.5. The van der Waals surface area contributed by atoms with E-state index in [1.165, 1.54) is 41.7 Å². The molecule has 342 valence electrons. The smallest absolute Gasteiger partial charge is 0.293 e. The Hall–Kier alpha value is -5.72. The molecule has 9 rings (SSSR count). The minimum Gasteiger partial charge on any atom is -0.476 e. The largest absolute Gasteiger partial charge is 0.476 e. The van der Waals surface area contributed by atoms with Crippen LogP contribution >= 0.6 is 11.6 Å². The summed E-state index contributed by atoms with van der Waals surface area (Å²) in [5.41, 5.74) is 6.58. The molecule has 0 spiro atoms. The van der Waals surface area contributed by atoms with Crippen LogP contribution in [0.5, 0.6) is 5.88 Å². The molecule has 0 saturated carbocycles. The molecular weight excluding hydrogens is 872 g/mol. The molecule has 2 aromatic heterocycles. The summed E-state index contributed by atoms with van der Waals surface area (Å²) in [6.45, 7) is 8.67. The van der Waals surface area contributed by atoms with Crippen molar-refractivity contribution in [2.24, 2.45) is 5.92 Å². The van der Waals surface area contributed by atoms with Crippen LogP contribution in [0.2, 0.25) is 5.02 Å². The average Bonchev–Trinajstić information content (AvgIpc) is 3.57. The second kappa shape index (κ2) is 19.4. The van der Waals surface area contributed by atoms with Gasteiger partial charge in [-0.05, 0) is 97.3 Å². The number of aromatic amines is 1. The number of nitrogens with one attached hydrogen (secondary N) is 3. The number of halogens is 1. The molecule has 2 atom stereocenters. The number of H-pyrrole nitrogens is 1. The summed E-state index contributed by atoms with van der Waals surface area (Å²) in [6.07, 6.45) is 6.57. The zero-order valence-corrected chi connectivity index (χ0v) is 37.8. The van der Waals surface area contributed by atoms with E-state index in [-0.39, 0.29) is 23.9 Å². The van der Waals surface area contributed by atoms with Gasteiger partial charge in [-0.1, -0.05) is 42.7 Å². The van der Waals surface area contributed by atoms with Gasteiger partial charge in [0.05, 0.1) is 53.6 Å². The lowest BCUT2D eigenvalue weighted by Crippen LogP contribution is -2.47. The fraction of sp³-hybridized carbons (Fsp3) is 0.404. The van der Waals surface area contributed by atoms with Gasteiger partial charge >= 0.3 is 0 Å². The standard InChI is InChI=1S/C47H53ClN8O8S/c1-31-4-2-5-34(40(24-31)32-6-8-35(48)9-7-32)29-53-17-19-54(20-18-53)36-10-12-39(42(26-36)55-16-3-21-64-47-44(55)25-33-14-15-49-45(33)51-47)46(57)52-65(60,61)38-11-13-41(43(27-38)56(58)59)50-28-37-30-62-22-23-63-37/h6-15,25-27,31,37,50H,2-5,16-24,28-30H2,1H3,(H,49,51)(H,52,57)/t31-,37-/m0/s1. The highest BCUT2D eigenvalue weighted by molar-refractivity contribution is 7.90. The van der Waals surface area contributed by atoms with E-state index in [1.54, 1.807) is 12.3 Å². The van der Waals surface area contributed by atoms with Crippen molar-refractivity contribution in [2.45, 2.75) is 50.0 Å². The van der Waals surface area contributed by atoms with Crippen LogP contribution in [0.1, 0.15) is 54.9 Å². The number of benzene rings is 3. The Kier molecular flexibility index (Phi) is 13.3. The molecule has 4 aliphatic rings. The fourth-order valence-electron chi connectivity index (χ4n) is 9.23. The summed E-state index contributed by atoms with van der Waals surface area (Å²) in [5.74, 6) is 0.112. The van der Waals surface area contributed by atoms with E-state index in [9.17, 15) is 23.3 Å². The highest BCUT2D eigenvalue weighted by Gasteiger charge is 2.30. The van der Waals surface area contributed by atoms with Crippen LogP contribution in [0.15, 0.2) is 89.5 Å². The Morgan fingerprint density at radius 2 is 1.80 bits per heavy atom. The van der Waals surface area contributed by atoms with Gasteiger partial charge in [0.25, 0.3) is 21.6 Å². The highest BCUT2D eigenvalue weighted by atomic mass is 35.5. The maximum absolute atomic E-state index is 14.4. The number of aromatic nitrogens is 2. The third-order valence-corrected chi connectivity index (χ3v) is 14.2. The first-order valence-corrected chi connectivity index (χ1v) is 24.1. The van der Waals surface area contributed by atoms with Crippen LogP contribution in [-0.4, -0.2) is 112 Å². The Balaban J connectivity index is 0.987. The van der Waals surface area contributed by atoms with Gasteiger partial charge in [0.1, 0.15) is 17.0 Å². The molecule has 2 fully saturated rings. The van der Waals surface area contributed by atoms with Crippen LogP contribution < -0.4 is 24.6 Å². The summed E-state index contributed by atoms with van der Waals surface area (Å²) in [6, 6.07) is 21.0. The summed E-state index contributed by atoms with van der Waals surface area (Å²) < 4.78 is 47.2. The number of rotatable bonds is 12. The topological polar surface area (TPSA) is 185 Å². The van der Waals surface area contributed by atoms with Crippen molar-refractivity contribution < 1.29 is 32.3 Å². The molecule has 5 aromatic rings. The average molecular weight is 926 g/mol. The minimum absolute atomic E-state index is 0.102. The molecule has 1 amide bonds. The predicted molar refractivity (Wildman–Crippen MR) is 251 cm³/mol. The van der Waals surface area contributed by atoms with Crippen molar-refractivity contribution in [1.29, 1.82) is 0 Å². The van der Waals surface area contributed by atoms with E-state index >= 15 is 0 Å². The Morgan fingerprint density at radius 3 is 2.58 bits per heavy atom. The maximum atomic E-state index is 14.4. The Labute approximate surface area is 383 Å². The van der Waals surface area contributed by atoms with Gasteiger partial charge in [0.15, 0.2) is 0 Å². The number of hydrogen-bond acceptors (Lipinski definition) is 13. The highest BCUT2D eigenvalue weighted by Crippen LogP contribution is 2.41. The number of carbonyl (C=O) groups is 1. The quantitative estimate of drug-likeness (QED) is 0.0815. The number of carbonyl (C=O) groups excluding carboxylic acids is 1. The number of piperazine rings is 1. The second-order valence-corrected chi connectivity index (χ2v) is 19.3. The lowest BCUT2D eigenvalue weighted by molar-refractivity contribution is -0.384. The lowest BCUT2D eigenvalue weighted by Gasteiger charge is -2.37. The van der Waals surface area contributed by atoms with Crippen LogP contribution in [0, 0.1) is 16.0 Å². The molecule has 1 aliphatic carbocycles. The second-order valence-electron chi connectivity index (χ2n) is 17.2. The molecule has 18 heteroatoms. The van der Waals surface area contributed by atoms with Gasteiger partial charge in [0.2, 0.25) is 5.88 Å². The SMILES string of the molecule is C[C@H]1CCCC(CN2CCN(c3ccc(C(=O)NS(=O)(=O)c4ccc(NC[C@H]5COCCO5)c([N+](=O)[O-])c4)c(N4CCCOc5nc6[nH]ccc6cc54)c3)CC2)=C(c2ccc(Cl)cc2)C1. The van der Waals surface area contributed by atoms with E-state index in [0.29, 0.717) is 68.2 Å². The van der Waals surface area contributed by atoms with Crippen molar-refractivity contribution in [1.82, 2.24) is 19.6 Å². The minimum atomic E-state index is -4.59. The van der Waals surface area contributed by atoms with Gasteiger partial charge in [-0.25, -0.2) is 13.1 Å². The van der Waals surface area contributed by atoms with Crippen molar-refractivity contribution in [3.8, 4) is 5.88 Å². The summed E-state index contributed by atoms with van der Waals surface area (Å²) in [5, 5.41) is 16.7. The molecule has 5 heterocycles. The number of nitro groups is 1. The third-order valence-electron chi connectivity index (χ3n) is 12.7. The van der Waals surface area contributed by atoms with E-state index < -0.39 is 31.4 Å². The molecule has 0 radical (unpaired) electrons. The zero-order chi connectivity index (χ0) is 45.1. The van der Waals surface area contributed by atoms with Crippen LogP contribution in [0.4, 0.5) is 28.4 Å². The number of fused-ring (bicyclic) bond motifs is 2. The Bertz CT molecular complexity index is 2700. The fourth-order valence-corrected chi connectivity index (χ4v) is 10.3. The number of amides is 1. The van der Waals surface area contributed by atoms with Crippen molar-refractivity contribution >= 4 is 72.6 Å². The molecule has 3 N–H and O–H groups in total. The van der Waals surface area contributed by atoms with E-state index in [1.807, 2.05) is 41.3 Å². The molecule has 3 aliphatic heterocycles. The summed E-state index contributed by atoms with van der Waals surface area (Å²) >= 11 is 6.27. The predicted octanol–water partition coefficient (Wildman–Crippen LogP) is 7.78. The molecule has 0 unspecified atom stereocenters. The first-order valence-electron chi connectivity index (χ1n) is 22.2. The van der Waals surface area contributed by atoms with Crippen molar-refractivity contribution in [3.05, 3.63) is 111 Å². The van der Waals surface area contributed by atoms with E-state index in [2.05, 4.69) is 43.9 Å². The maximum Gasteiger partial charge on any atom is 0.293 e. The number of sulfonamides is 1. The monoisotopic (exact) mass is 924 g/mol. The number of allylic oxidation sites excluding steroid dienone is 1. The summed E-state index contributed by atoms with van der Waals surface area (Å²) in [7, 11) is -4.59. The molecular formula is C47H53ClN8O8S. The van der Waals surface area contributed by atoms with Crippen LogP contribution in [0.25, 0.3) is 16.6 Å². The normalized spacial score (nSPS) is 19.8. The number of pyridine rings is 1. The first-order chi connectivity index (χ1) is 31.5. The van der Waals surface area contributed by atoms with Gasteiger partial charge in [-0.3, -0.25) is 19.8 Å². The Morgan fingerprint density at radius 1 is 0.969 bits per heavy atom. The molecule has 65 heavy (non-hydrogen) atoms. The molecule has 2 saturated heterocycles. The van der Waals surface area contributed by atoms with Crippen LogP contribution in [-0.2, 0) is 19.5 Å². The van der Waals surface area contributed by atoms with Gasteiger partial charge < -0.3 is 34.3 Å².